The lowest BCUT2D eigenvalue weighted by molar-refractivity contribution is 0.0517. The van der Waals surface area contributed by atoms with Crippen molar-refractivity contribution in [3.05, 3.63) is 12.2 Å². The second-order valence-corrected chi connectivity index (χ2v) is 6.73. The Hall–Kier alpha value is -1.63. The van der Waals surface area contributed by atoms with Gasteiger partial charge in [0.15, 0.2) is 5.82 Å². The van der Waals surface area contributed by atoms with Crippen molar-refractivity contribution in [3.8, 4) is 0 Å². The van der Waals surface area contributed by atoms with E-state index in [1.165, 1.54) is 12.8 Å². The van der Waals surface area contributed by atoms with Gasteiger partial charge in [-0.3, -0.25) is 0 Å². The van der Waals surface area contributed by atoms with Crippen molar-refractivity contribution >= 4 is 6.09 Å². The summed E-state index contributed by atoms with van der Waals surface area (Å²) in [5.41, 5.74) is -0.456. The highest BCUT2D eigenvalue weighted by Gasteiger charge is 2.27. The molecule has 1 fully saturated rings. The quantitative estimate of drug-likeness (QED) is 0.834. The number of rotatable bonds is 6. The van der Waals surface area contributed by atoms with E-state index in [1.54, 1.807) is 0 Å². The van der Waals surface area contributed by atoms with Crippen molar-refractivity contribution in [3.63, 3.8) is 0 Å². The average Bonchev–Trinajstić information content (AvgIpc) is 3.06. The fourth-order valence-electron chi connectivity index (χ4n) is 2.75. The smallest absolute Gasteiger partial charge is 0.407 e. The van der Waals surface area contributed by atoms with Crippen LogP contribution in [0.25, 0.3) is 0 Å². The molecule has 2 unspecified atom stereocenters. The van der Waals surface area contributed by atoms with Crippen LogP contribution in [0.3, 0.4) is 0 Å². The van der Waals surface area contributed by atoms with Crippen molar-refractivity contribution in [2.24, 2.45) is 5.92 Å². The summed E-state index contributed by atoms with van der Waals surface area (Å²) in [6, 6.07) is 0.418. The zero-order chi connectivity index (χ0) is 16.0. The van der Waals surface area contributed by atoms with E-state index in [2.05, 4.69) is 20.8 Å². The van der Waals surface area contributed by atoms with Gasteiger partial charge in [0.2, 0.25) is 6.39 Å². The first-order chi connectivity index (χ1) is 10.4. The maximum absolute atomic E-state index is 11.7. The van der Waals surface area contributed by atoms with Gasteiger partial charge >= 0.3 is 6.09 Å². The molecule has 1 aliphatic carbocycles. The summed E-state index contributed by atoms with van der Waals surface area (Å²) in [5, 5.41) is 10.2. The van der Waals surface area contributed by atoms with Gasteiger partial charge in [0, 0.05) is 25.6 Å². The predicted octanol–water partition coefficient (Wildman–Crippen LogP) is 1.90. The van der Waals surface area contributed by atoms with Crippen LogP contribution >= 0.6 is 0 Å². The summed E-state index contributed by atoms with van der Waals surface area (Å²) in [7, 11) is 0. The number of hydrogen-bond acceptors (Lipinski definition) is 6. The van der Waals surface area contributed by atoms with E-state index in [4.69, 9.17) is 9.26 Å². The molecule has 0 saturated heterocycles. The maximum atomic E-state index is 11.7. The molecule has 2 rings (SSSR count). The molecular weight excluding hydrogens is 284 g/mol. The monoisotopic (exact) mass is 310 g/mol. The SMILES string of the molecule is CC(C)(C)OC(=O)NCC1CCCC1NCCc1ncon1. The van der Waals surface area contributed by atoms with Crippen LogP contribution in [0.4, 0.5) is 4.79 Å². The minimum Gasteiger partial charge on any atom is -0.444 e. The number of nitrogens with one attached hydrogen (secondary N) is 2. The predicted molar refractivity (Wildman–Crippen MR) is 81.4 cm³/mol. The Balaban J connectivity index is 1.68. The standard InChI is InChI=1S/C15H26N4O3/c1-15(2,3)22-14(20)17-9-11-5-4-6-12(11)16-8-7-13-18-10-21-19-13/h10-12,16H,4-9H2,1-3H3,(H,17,20). The van der Waals surface area contributed by atoms with E-state index in [0.717, 1.165) is 25.8 Å². The molecule has 1 saturated carbocycles. The fraction of sp³-hybridized carbons (Fsp3) is 0.800. The van der Waals surface area contributed by atoms with E-state index >= 15 is 0 Å². The Morgan fingerprint density at radius 1 is 1.45 bits per heavy atom. The highest BCUT2D eigenvalue weighted by atomic mass is 16.6. The highest BCUT2D eigenvalue weighted by molar-refractivity contribution is 5.67. The molecular formula is C15H26N4O3. The van der Waals surface area contributed by atoms with Crippen LogP contribution in [0.5, 0.6) is 0 Å². The summed E-state index contributed by atoms with van der Waals surface area (Å²) in [6.07, 6.45) is 5.19. The van der Waals surface area contributed by atoms with Gasteiger partial charge in [-0.2, -0.15) is 4.98 Å². The van der Waals surface area contributed by atoms with Gasteiger partial charge in [-0.05, 0) is 39.5 Å². The first-order valence-electron chi connectivity index (χ1n) is 7.89. The minimum absolute atomic E-state index is 0.343. The Bertz CT molecular complexity index is 456. The number of carbonyl (C=O) groups is 1. The molecule has 0 radical (unpaired) electrons. The van der Waals surface area contributed by atoms with Crippen LogP contribution in [-0.4, -0.2) is 41.0 Å². The van der Waals surface area contributed by atoms with Gasteiger partial charge in [-0.15, -0.1) is 0 Å². The number of hydrogen-bond donors (Lipinski definition) is 2. The van der Waals surface area contributed by atoms with Gasteiger partial charge in [-0.25, -0.2) is 4.79 Å². The van der Waals surface area contributed by atoms with E-state index in [9.17, 15) is 4.79 Å². The molecule has 1 amide bonds. The van der Waals surface area contributed by atoms with Crippen LogP contribution in [0.1, 0.15) is 45.9 Å². The van der Waals surface area contributed by atoms with E-state index < -0.39 is 5.60 Å². The van der Waals surface area contributed by atoms with Gasteiger partial charge in [0.25, 0.3) is 0 Å². The molecule has 1 aromatic heterocycles. The lowest BCUT2D eigenvalue weighted by Gasteiger charge is -2.23. The van der Waals surface area contributed by atoms with Crippen LogP contribution in [-0.2, 0) is 11.2 Å². The summed E-state index contributed by atoms with van der Waals surface area (Å²) in [6.45, 7) is 7.06. The molecule has 124 valence electrons. The molecule has 7 nitrogen and oxygen atoms in total. The van der Waals surface area contributed by atoms with Crippen molar-refractivity contribution in [1.82, 2.24) is 20.8 Å². The zero-order valence-corrected chi connectivity index (χ0v) is 13.6. The number of aromatic nitrogens is 2. The molecule has 1 aliphatic rings. The third-order valence-corrected chi connectivity index (χ3v) is 3.73. The highest BCUT2D eigenvalue weighted by Crippen LogP contribution is 2.25. The molecule has 1 aromatic rings. The van der Waals surface area contributed by atoms with Gasteiger partial charge in [0.05, 0.1) is 0 Å². The second-order valence-electron chi connectivity index (χ2n) is 6.73. The third-order valence-electron chi connectivity index (χ3n) is 3.73. The number of carbonyl (C=O) groups excluding carboxylic acids is 1. The largest absolute Gasteiger partial charge is 0.444 e. The maximum Gasteiger partial charge on any atom is 0.407 e. The van der Waals surface area contributed by atoms with Gasteiger partial charge in [-0.1, -0.05) is 11.6 Å². The molecule has 0 bridgehead atoms. The first-order valence-corrected chi connectivity index (χ1v) is 7.89. The van der Waals surface area contributed by atoms with Crippen molar-refractivity contribution in [2.75, 3.05) is 13.1 Å². The number of alkyl carbamates (subject to hydrolysis) is 1. The molecule has 0 aliphatic heterocycles. The van der Waals surface area contributed by atoms with Crippen molar-refractivity contribution in [2.45, 2.75) is 58.1 Å². The number of amides is 1. The fourth-order valence-corrected chi connectivity index (χ4v) is 2.75. The summed E-state index contributed by atoms with van der Waals surface area (Å²) in [5.74, 6) is 1.16. The molecule has 0 aromatic carbocycles. The molecule has 1 heterocycles. The normalized spacial score (nSPS) is 21.8. The van der Waals surface area contributed by atoms with E-state index in [1.807, 2.05) is 20.8 Å². The molecule has 2 atom stereocenters. The van der Waals surface area contributed by atoms with Gasteiger partial charge in [0.1, 0.15) is 5.60 Å². The van der Waals surface area contributed by atoms with Gasteiger partial charge < -0.3 is 19.9 Å². The minimum atomic E-state index is -0.456. The number of ether oxygens (including phenoxy) is 1. The lowest BCUT2D eigenvalue weighted by atomic mass is 10.0. The van der Waals surface area contributed by atoms with Crippen molar-refractivity contribution in [1.29, 1.82) is 0 Å². The molecule has 0 spiro atoms. The molecule has 22 heavy (non-hydrogen) atoms. The molecule has 2 N–H and O–H groups in total. The summed E-state index contributed by atoms with van der Waals surface area (Å²) in [4.78, 5) is 15.7. The number of nitrogens with zero attached hydrogens (tertiary/aromatic N) is 2. The topological polar surface area (TPSA) is 89.3 Å². The Labute approximate surface area is 131 Å². The van der Waals surface area contributed by atoms with Crippen LogP contribution < -0.4 is 10.6 Å². The zero-order valence-electron chi connectivity index (χ0n) is 13.6. The third kappa shape index (κ3) is 5.63. The Kier molecular flexibility index (Phi) is 5.76. The van der Waals surface area contributed by atoms with Crippen LogP contribution in [0, 0.1) is 5.92 Å². The second kappa shape index (κ2) is 7.58. The Morgan fingerprint density at radius 3 is 2.95 bits per heavy atom. The Morgan fingerprint density at radius 2 is 2.27 bits per heavy atom. The molecule has 7 heteroatoms. The van der Waals surface area contributed by atoms with E-state index in [0.29, 0.717) is 24.3 Å². The van der Waals surface area contributed by atoms with Crippen molar-refractivity contribution < 1.29 is 14.1 Å². The first kappa shape index (κ1) is 16.7. The lowest BCUT2D eigenvalue weighted by Crippen LogP contribution is -2.41. The average molecular weight is 310 g/mol. The van der Waals surface area contributed by atoms with E-state index in [-0.39, 0.29) is 6.09 Å². The van der Waals surface area contributed by atoms with Crippen LogP contribution in [0.2, 0.25) is 0 Å². The summed E-state index contributed by atoms with van der Waals surface area (Å²) < 4.78 is 9.98. The summed E-state index contributed by atoms with van der Waals surface area (Å²) >= 11 is 0. The van der Waals surface area contributed by atoms with Crippen LogP contribution in [0.15, 0.2) is 10.9 Å².